The van der Waals surface area contributed by atoms with Crippen molar-refractivity contribution in [3.05, 3.63) is 29.6 Å². The molecule has 1 aliphatic rings. The van der Waals surface area contributed by atoms with E-state index in [0.29, 0.717) is 11.5 Å². The summed E-state index contributed by atoms with van der Waals surface area (Å²) < 4.78 is 12.5. The fourth-order valence-electron chi connectivity index (χ4n) is 2.30. The molecule has 6 nitrogen and oxygen atoms in total. The molecule has 2 heterocycles. The second-order valence-electron chi connectivity index (χ2n) is 4.87. The van der Waals surface area contributed by atoms with Crippen LogP contribution in [0.4, 0.5) is 0 Å². The van der Waals surface area contributed by atoms with Crippen LogP contribution in [-0.2, 0) is 6.42 Å². The number of ether oxygens (including phenoxy) is 2. The van der Waals surface area contributed by atoms with Crippen LogP contribution in [0.25, 0.3) is 0 Å². The number of aromatic nitrogens is 3. The first-order chi connectivity index (χ1) is 10.8. The summed E-state index contributed by atoms with van der Waals surface area (Å²) in [4.78, 5) is 0. The van der Waals surface area contributed by atoms with Crippen molar-refractivity contribution in [1.82, 2.24) is 14.9 Å². The number of benzene rings is 1. The summed E-state index contributed by atoms with van der Waals surface area (Å²) in [5, 5.41) is 14.0. The number of aryl methyl sites for hydroxylation is 1. The van der Waals surface area contributed by atoms with E-state index in [1.807, 2.05) is 22.9 Å². The van der Waals surface area contributed by atoms with Crippen molar-refractivity contribution in [1.29, 1.82) is 0 Å². The van der Waals surface area contributed by atoms with Crippen LogP contribution in [0.1, 0.15) is 26.2 Å². The van der Waals surface area contributed by atoms with Crippen LogP contribution in [-0.4, -0.2) is 40.6 Å². The third kappa shape index (κ3) is 3.53. The van der Waals surface area contributed by atoms with E-state index in [2.05, 4.69) is 17.1 Å². The van der Waals surface area contributed by atoms with Gasteiger partial charge in [0.1, 0.15) is 0 Å². The lowest BCUT2D eigenvalue weighted by Crippen LogP contribution is -3.00. The Labute approximate surface area is 151 Å². The van der Waals surface area contributed by atoms with E-state index < -0.39 is 0 Å². The summed E-state index contributed by atoms with van der Waals surface area (Å²) in [6.07, 6.45) is 1.89. The first kappa shape index (κ1) is 17.8. The number of thioether (sulfide) groups is 1. The smallest absolute Gasteiger partial charge is 1.00 e. The fourth-order valence-corrected chi connectivity index (χ4v) is 3.16. The van der Waals surface area contributed by atoms with Crippen LogP contribution in [0.2, 0.25) is 0 Å². The highest BCUT2D eigenvalue weighted by Crippen LogP contribution is 2.30. The van der Waals surface area contributed by atoms with E-state index in [-0.39, 0.29) is 18.4 Å². The summed E-state index contributed by atoms with van der Waals surface area (Å²) in [6.45, 7) is 2.12. The Kier molecular flexibility index (Phi) is 6.06. The molecule has 0 bridgehead atoms. The normalized spacial score (nSPS) is 12.9. The molecular weight excluding hydrogens is 380 g/mol. The van der Waals surface area contributed by atoms with Gasteiger partial charge in [-0.3, -0.25) is 0 Å². The highest BCUT2D eigenvalue weighted by atomic mass is 79.9. The van der Waals surface area contributed by atoms with Crippen LogP contribution in [0.5, 0.6) is 11.5 Å². The standard InChI is InChI=1S/C15H18N4O2S.BrH/c1-4-5-14-16-17-15-19(14)18-11(9-22-15)10-6-7-12(20-2)13(8-10)21-3;/h6-8H,4-5,9H2,1-3H3;1H. The van der Waals surface area contributed by atoms with E-state index in [9.17, 15) is 0 Å². The zero-order chi connectivity index (χ0) is 15.5. The predicted molar refractivity (Wildman–Crippen MR) is 87.3 cm³/mol. The number of hydrogen-bond acceptors (Lipinski definition) is 6. The van der Waals surface area contributed by atoms with Crippen molar-refractivity contribution in [2.75, 3.05) is 20.0 Å². The first-order valence-corrected chi connectivity index (χ1v) is 8.12. The Morgan fingerprint density at radius 2 is 2.00 bits per heavy atom. The molecule has 0 amide bonds. The Hall–Kier alpha value is -1.54. The van der Waals surface area contributed by atoms with Crippen molar-refractivity contribution in [2.45, 2.75) is 24.9 Å². The molecule has 0 radical (unpaired) electrons. The van der Waals surface area contributed by atoms with E-state index in [1.54, 1.807) is 26.0 Å². The zero-order valence-electron chi connectivity index (χ0n) is 14.2. The Morgan fingerprint density at radius 1 is 1.22 bits per heavy atom. The molecule has 1 aliphatic heterocycles. The van der Waals surface area contributed by atoms with Gasteiger partial charge < -0.3 is 26.5 Å². The maximum atomic E-state index is 5.37. The minimum Gasteiger partial charge on any atom is -1.00 e. The SMILES string of the molecule is CCCc1nnc2n1N=C(c1ccc(OC)c(OC)c1)CS2.[Br-].[H+]. The number of halogens is 1. The lowest BCUT2D eigenvalue weighted by atomic mass is 10.1. The van der Waals surface area contributed by atoms with E-state index in [0.717, 1.165) is 40.9 Å². The molecule has 124 valence electrons. The van der Waals surface area contributed by atoms with Gasteiger partial charge in [-0.15, -0.1) is 10.2 Å². The summed E-state index contributed by atoms with van der Waals surface area (Å²) in [5.41, 5.74) is 2.00. The molecule has 0 atom stereocenters. The van der Waals surface area contributed by atoms with Crippen molar-refractivity contribution in [3.63, 3.8) is 0 Å². The van der Waals surface area contributed by atoms with Gasteiger partial charge in [-0.2, -0.15) is 9.78 Å². The summed E-state index contributed by atoms with van der Waals surface area (Å²) >= 11 is 1.65. The number of nitrogens with zero attached hydrogens (tertiary/aromatic N) is 4. The van der Waals surface area contributed by atoms with Crippen LogP contribution in [0.3, 0.4) is 0 Å². The highest BCUT2D eigenvalue weighted by molar-refractivity contribution is 7.99. The molecule has 1 aromatic heterocycles. The van der Waals surface area contributed by atoms with Gasteiger partial charge in [-0.1, -0.05) is 18.7 Å². The van der Waals surface area contributed by atoms with Gasteiger partial charge in [0.25, 0.3) is 0 Å². The number of rotatable bonds is 5. The summed E-state index contributed by atoms with van der Waals surface area (Å²) in [6, 6.07) is 5.85. The molecule has 0 unspecified atom stereocenters. The molecule has 2 aromatic rings. The quantitative estimate of drug-likeness (QED) is 0.693. The van der Waals surface area contributed by atoms with Crippen LogP contribution in [0.15, 0.2) is 28.5 Å². The monoisotopic (exact) mass is 398 g/mol. The third-order valence-electron chi connectivity index (χ3n) is 3.43. The number of methoxy groups -OCH3 is 2. The van der Waals surface area contributed by atoms with E-state index >= 15 is 0 Å². The number of fused-ring (bicyclic) bond motifs is 1. The molecule has 23 heavy (non-hydrogen) atoms. The van der Waals surface area contributed by atoms with E-state index in [1.165, 1.54) is 0 Å². The first-order valence-electron chi connectivity index (χ1n) is 7.14. The van der Waals surface area contributed by atoms with Gasteiger partial charge in [0.05, 0.1) is 19.9 Å². The molecule has 1 aromatic carbocycles. The third-order valence-corrected chi connectivity index (χ3v) is 4.36. The van der Waals surface area contributed by atoms with Crippen molar-refractivity contribution in [2.24, 2.45) is 5.10 Å². The lowest BCUT2D eigenvalue weighted by Gasteiger charge is -2.15. The average molecular weight is 399 g/mol. The number of hydrogen-bond donors (Lipinski definition) is 0. The Bertz CT molecular complexity index is 723. The summed E-state index contributed by atoms with van der Waals surface area (Å²) in [5.74, 6) is 3.09. The second-order valence-corrected chi connectivity index (χ2v) is 5.81. The maximum absolute atomic E-state index is 5.37. The lowest BCUT2D eigenvalue weighted by molar-refractivity contribution is -0.00000519. The summed E-state index contributed by atoms with van der Waals surface area (Å²) in [7, 11) is 3.27. The van der Waals surface area contributed by atoms with Crippen molar-refractivity contribution in [3.8, 4) is 11.5 Å². The molecule has 3 rings (SSSR count). The van der Waals surface area contributed by atoms with Crippen LogP contribution < -0.4 is 26.5 Å². The fraction of sp³-hybridized carbons (Fsp3) is 0.400. The zero-order valence-corrected chi connectivity index (χ0v) is 15.6. The molecule has 0 spiro atoms. The van der Waals surface area contributed by atoms with Crippen LogP contribution in [0, 0.1) is 0 Å². The molecular formula is C15H19BrN4O2S. The minimum atomic E-state index is 0. The minimum absolute atomic E-state index is 0. The molecule has 0 fully saturated rings. The molecule has 0 aliphatic carbocycles. The van der Waals surface area contributed by atoms with Gasteiger partial charge in [0.15, 0.2) is 17.3 Å². The molecule has 8 heteroatoms. The van der Waals surface area contributed by atoms with Crippen LogP contribution >= 0.6 is 11.8 Å². The second kappa shape index (κ2) is 7.83. The van der Waals surface area contributed by atoms with Gasteiger partial charge in [-0.05, 0) is 24.6 Å². The van der Waals surface area contributed by atoms with Crippen molar-refractivity contribution < 1.29 is 27.9 Å². The largest absolute Gasteiger partial charge is 1.00 e. The average Bonchev–Trinajstić information content (AvgIpc) is 2.97. The van der Waals surface area contributed by atoms with Gasteiger partial charge in [0, 0.05) is 17.7 Å². The van der Waals surface area contributed by atoms with Gasteiger partial charge in [-0.25, -0.2) is 0 Å². The van der Waals surface area contributed by atoms with Gasteiger partial charge >= 0.3 is 1.43 Å². The molecule has 0 saturated carbocycles. The van der Waals surface area contributed by atoms with Crippen molar-refractivity contribution >= 4 is 17.5 Å². The molecule has 0 N–H and O–H groups in total. The predicted octanol–water partition coefficient (Wildman–Crippen LogP) is -0.278. The Morgan fingerprint density at radius 3 is 2.70 bits per heavy atom. The van der Waals surface area contributed by atoms with Gasteiger partial charge in [0.2, 0.25) is 5.16 Å². The maximum Gasteiger partial charge on any atom is 1.00 e. The molecule has 0 saturated heterocycles. The topological polar surface area (TPSA) is 61.5 Å². The Balaban J connectivity index is 0.00000144. The highest BCUT2D eigenvalue weighted by Gasteiger charge is 2.20. The van der Waals surface area contributed by atoms with E-state index in [4.69, 9.17) is 14.6 Å².